The van der Waals surface area contributed by atoms with Gasteiger partial charge in [0, 0.05) is 37.7 Å². The molecule has 0 aromatic heterocycles. The van der Waals surface area contributed by atoms with E-state index in [0.29, 0.717) is 5.92 Å². The topological polar surface area (TPSA) is 32.8 Å². The standard InChI is InChI=1S/C22H27ClN2O2/c1-17(2)19-5-9-21(10-6-19)27-16-22(26)25-13-11-24(12-14-25)15-18-3-7-20(23)8-4-18/h3-10,17H,11-16H2,1-2H3. The maximum atomic E-state index is 12.4. The van der Waals surface area contributed by atoms with Crippen LogP contribution in [-0.2, 0) is 11.3 Å². The molecule has 1 saturated heterocycles. The molecule has 5 heteroatoms. The zero-order valence-electron chi connectivity index (χ0n) is 16.0. The summed E-state index contributed by atoms with van der Waals surface area (Å²) in [5.41, 5.74) is 2.51. The summed E-state index contributed by atoms with van der Waals surface area (Å²) in [5, 5.41) is 0.757. The highest BCUT2D eigenvalue weighted by molar-refractivity contribution is 6.30. The van der Waals surface area contributed by atoms with E-state index in [1.165, 1.54) is 11.1 Å². The number of ether oxygens (including phenoxy) is 1. The first-order chi connectivity index (χ1) is 13.0. The van der Waals surface area contributed by atoms with E-state index in [1.807, 2.05) is 29.2 Å². The minimum atomic E-state index is 0.0501. The molecule has 0 aliphatic carbocycles. The van der Waals surface area contributed by atoms with Gasteiger partial charge >= 0.3 is 0 Å². The summed E-state index contributed by atoms with van der Waals surface area (Å²) in [5.74, 6) is 1.29. The average molecular weight is 387 g/mol. The second-order valence-corrected chi connectivity index (χ2v) is 7.73. The summed E-state index contributed by atoms with van der Waals surface area (Å²) in [6, 6.07) is 15.9. The van der Waals surface area contributed by atoms with Crippen LogP contribution in [0.3, 0.4) is 0 Å². The Labute approximate surface area is 166 Å². The Hall–Kier alpha value is -2.04. The number of hydrogen-bond donors (Lipinski definition) is 0. The molecule has 1 heterocycles. The van der Waals surface area contributed by atoms with E-state index >= 15 is 0 Å². The summed E-state index contributed by atoms with van der Waals surface area (Å²) in [7, 11) is 0. The van der Waals surface area contributed by atoms with Gasteiger partial charge in [-0.25, -0.2) is 0 Å². The van der Waals surface area contributed by atoms with Crippen molar-refractivity contribution in [1.29, 1.82) is 0 Å². The molecule has 0 N–H and O–H groups in total. The number of hydrogen-bond acceptors (Lipinski definition) is 3. The second-order valence-electron chi connectivity index (χ2n) is 7.30. The Kier molecular flexibility index (Phi) is 6.75. The normalized spacial score (nSPS) is 15.2. The summed E-state index contributed by atoms with van der Waals surface area (Å²) in [6.45, 7) is 8.52. The second kappa shape index (κ2) is 9.25. The lowest BCUT2D eigenvalue weighted by molar-refractivity contribution is -0.135. The molecule has 0 radical (unpaired) electrons. The molecule has 27 heavy (non-hydrogen) atoms. The van der Waals surface area contributed by atoms with Gasteiger partial charge in [-0.2, -0.15) is 0 Å². The van der Waals surface area contributed by atoms with Gasteiger partial charge in [0.05, 0.1) is 0 Å². The highest BCUT2D eigenvalue weighted by Gasteiger charge is 2.21. The van der Waals surface area contributed by atoms with Crippen LogP contribution in [0.1, 0.15) is 30.9 Å². The fraction of sp³-hybridized carbons (Fsp3) is 0.409. The fourth-order valence-corrected chi connectivity index (χ4v) is 3.31. The predicted molar refractivity (Wildman–Crippen MR) is 109 cm³/mol. The number of nitrogens with zero attached hydrogens (tertiary/aromatic N) is 2. The van der Waals surface area contributed by atoms with Gasteiger partial charge in [0.1, 0.15) is 5.75 Å². The first-order valence-electron chi connectivity index (χ1n) is 9.48. The molecule has 4 nitrogen and oxygen atoms in total. The fourth-order valence-electron chi connectivity index (χ4n) is 3.19. The molecule has 144 valence electrons. The summed E-state index contributed by atoms with van der Waals surface area (Å²) >= 11 is 5.93. The van der Waals surface area contributed by atoms with Crippen molar-refractivity contribution in [2.75, 3.05) is 32.8 Å². The lowest BCUT2D eigenvalue weighted by atomic mass is 10.0. The smallest absolute Gasteiger partial charge is 0.260 e. The van der Waals surface area contributed by atoms with Gasteiger partial charge in [0.15, 0.2) is 6.61 Å². The molecule has 0 bridgehead atoms. The molecule has 2 aromatic carbocycles. The van der Waals surface area contributed by atoms with Crippen molar-refractivity contribution in [2.24, 2.45) is 0 Å². The van der Waals surface area contributed by atoms with Crippen LogP contribution < -0.4 is 4.74 Å². The summed E-state index contributed by atoms with van der Waals surface area (Å²) < 4.78 is 5.67. The Balaban J connectivity index is 1.42. The van der Waals surface area contributed by atoms with Crippen molar-refractivity contribution in [2.45, 2.75) is 26.3 Å². The van der Waals surface area contributed by atoms with Gasteiger partial charge in [-0.05, 0) is 41.3 Å². The Bertz CT molecular complexity index is 736. The molecular weight excluding hydrogens is 360 g/mol. The Morgan fingerprint density at radius 2 is 1.63 bits per heavy atom. The number of carbonyl (C=O) groups excluding carboxylic acids is 1. The highest BCUT2D eigenvalue weighted by Crippen LogP contribution is 2.19. The van der Waals surface area contributed by atoms with E-state index in [4.69, 9.17) is 16.3 Å². The van der Waals surface area contributed by atoms with Gasteiger partial charge in [-0.1, -0.05) is 49.7 Å². The van der Waals surface area contributed by atoms with Crippen LogP contribution in [0.2, 0.25) is 5.02 Å². The molecule has 1 aliphatic heterocycles. The van der Waals surface area contributed by atoms with Gasteiger partial charge in [-0.15, -0.1) is 0 Å². The minimum absolute atomic E-state index is 0.0501. The van der Waals surface area contributed by atoms with Crippen LogP contribution in [0.25, 0.3) is 0 Å². The van der Waals surface area contributed by atoms with Gasteiger partial charge < -0.3 is 9.64 Å². The summed E-state index contributed by atoms with van der Waals surface area (Å²) in [4.78, 5) is 16.7. The van der Waals surface area contributed by atoms with Gasteiger partial charge in [0.25, 0.3) is 5.91 Å². The van der Waals surface area contributed by atoms with Crippen LogP contribution in [0.4, 0.5) is 0 Å². The van der Waals surface area contributed by atoms with Crippen molar-refractivity contribution in [3.05, 3.63) is 64.7 Å². The predicted octanol–water partition coefficient (Wildman–Crippen LogP) is 4.19. The SMILES string of the molecule is CC(C)c1ccc(OCC(=O)N2CCN(Cc3ccc(Cl)cc3)CC2)cc1. The van der Waals surface area contributed by atoms with Crippen molar-refractivity contribution < 1.29 is 9.53 Å². The van der Waals surface area contributed by atoms with Crippen LogP contribution >= 0.6 is 11.6 Å². The first kappa shape index (κ1) is 19.7. The zero-order chi connectivity index (χ0) is 19.2. The number of piperazine rings is 1. The minimum Gasteiger partial charge on any atom is -0.484 e. The molecule has 1 aliphatic rings. The van der Waals surface area contributed by atoms with E-state index in [0.717, 1.165) is 43.5 Å². The van der Waals surface area contributed by atoms with Crippen LogP contribution in [0.5, 0.6) is 5.75 Å². The largest absolute Gasteiger partial charge is 0.484 e. The average Bonchev–Trinajstić information content (AvgIpc) is 2.69. The van der Waals surface area contributed by atoms with Crippen LogP contribution in [0, 0.1) is 0 Å². The molecule has 0 spiro atoms. The van der Waals surface area contributed by atoms with Crippen molar-refractivity contribution >= 4 is 17.5 Å². The lowest BCUT2D eigenvalue weighted by Gasteiger charge is -2.34. The van der Waals surface area contributed by atoms with Crippen molar-refractivity contribution in [3.63, 3.8) is 0 Å². The maximum Gasteiger partial charge on any atom is 0.260 e. The number of rotatable bonds is 6. The number of benzene rings is 2. The first-order valence-corrected chi connectivity index (χ1v) is 9.86. The molecule has 1 amide bonds. The molecule has 0 atom stereocenters. The Morgan fingerprint density at radius 1 is 1.00 bits per heavy atom. The van der Waals surface area contributed by atoms with E-state index in [2.05, 4.69) is 43.0 Å². The van der Waals surface area contributed by atoms with E-state index in [9.17, 15) is 4.79 Å². The highest BCUT2D eigenvalue weighted by atomic mass is 35.5. The van der Waals surface area contributed by atoms with Gasteiger partial charge in [0.2, 0.25) is 0 Å². The van der Waals surface area contributed by atoms with E-state index in [1.54, 1.807) is 0 Å². The number of carbonyl (C=O) groups is 1. The molecule has 3 rings (SSSR count). The number of halogens is 1. The van der Waals surface area contributed by atoms with Crippen molar-refractivity contribution in [3.8, 4) is 5.75 Å². The Morgan fingerprint density at radius 3 is 2.22 bits per heavy atom. The third-order valence-corrected chi connectivity index (χ3v) is 5.21. The monoisotopic (exact) mass is 386 g/mol. The zero-order valence-corrected chi connectivity index (χ0v) is 16.8. The molecule has 0 unspecified atom stereocenters. The lowest BCUT2D eigenvalue weighted by Crippen LogP contribution is -2.49. The molecule has 1 fully saturated rings. The third-order valence-electron chi connectivity index (χ3n) is 4.95. The molecular formula is C22H27ClN2O2. The maximum absolute atomic E-state index is 12.4. The number of amides is 1. The van der Waals surface area contributed by atoms with E-state index in [-0.39, 0.29) is 12.5 Å². The van der Waals surface area contributed by atoms with Crippen LogP contribution in [-0.4, -0.2) is 48.5 Å². The molecule has 2 aromatic rings. The van der Waals surface area contributed by atoms with Crippen LogP contribution in [0.15, 0.2) is 48.5 Å². The van der Waals surface area contributed by atoms with E-state index < -0.39 is 0 Å². The quantitative estimate of drug-likeness (QED) is 0.746. The molecule has 0 saturated carbocycles. The van der Waals surface area contributed by atoms with Crippen molar-refractivity contribution in [1.82, 2.24) is 9.80 Å². The third kappa shape index (κ3) is 5.72. The van der Waals surface area contributed by atoms with Gasteiger partial charge in [-0.3, -0.25) is 9.69 Å². The summed E-state index contributed by atoms with van der Waals surface area (Å²) in [6.07, 6.45) is 0.